The number of Topliss-reactive ketones (excluding diaryl/α,β-unsaturated/α-hetero) is 1. The molecule has 1 spiro atoms. The standard InChI is InChI=1S/C24H27NO4S/c1-23(2,27)20-15-25(30(3,28)29)16-24(20)14-19(17-10-6-4-7-11-17)21(22(24)26)18-12-8-5-9-13-18/h4-13,20,27H,14-16H2,1-3H3/t20-,24-/m0/s1. The number of hydrogen-bond acceptors (Lipinski definition) is 4. The molecule has 0 saturated carbocycles. The molecule has 1 fully saturated rings. The van der Waals surface area contributed by atoms with Crippen molar-refractivity contribution in [2.75, 3.05) is 19.3 Å². The van der Waals surface area contributed by atoms with Crippen LogP contribution in [0, 0.1) is 11.3 Å². The number of rotatable bonds is 4. The maximum atomic E-state index is 14.1. The maximum Gasteiger partial charge on any atom is 0.211 e. The van der Waals surface area contributed by atoms with Crippen molar-refractivity contribution in [3.63, 3.8) is 0 Å². The Morgan fingerprint density at radius 2 is 1.53 bits per heavy atom. The van der Waals surface area contributed by atoms with Crippen molar-refractivity contribution in [1.29, 1.82) is 0 Å². The number of benzene rings is 2. The molecular weight excluding hydrogens is 398 g/mol. The molecule has 1 aliphatic heterocycles. The summed E-state index contributed by atoms with van der Waals surface area (Å²) in [7, 11) is -3.50. The van der Waals surface area contributed by atoms with Crippen LogP contribution in [0.2, 0.25) is 0 Å². The minimum Gasteiger partial charge on any atom is -0.390 e. The van der Waals surface area contributed by atoms with Gasteiger partial charge in [-0.15, -0.1) is 0 Å². The Hall–Kier alpha value is -2.28. The van der Waals surface area contributed by atoms with Crippen molar-refractivity contribution < 1.29 is 18.3 Å². The van der Waals surface area contributed by atoms with Crippen molar-refractivity contribution in [3.8, 4) is 0 Å². The highest BCUT2D eigenvalue weighted by molar-refractivity contribution is 7.88. The summed E-state index contributed by atoms with van der Waals surface area (Å²) in [6.07, 6.45) is 1.57. The Balaban J connectivity index is 1.90. The van der Waals surface area contributed by atoms with Gasteiger partial charge in [0.05, 0.1) is 17.3 Å². The summed E-state index contributed by atoms with van der Waals surface area (Å²) in [6.45, 7) is 3.56. The molecule has 158 valence electrons. The van der Waals surface area contributed by atoms with Gasteiger partial charge in [-0.3, -0.25) is 4.79 Å². The van der Waals surface area contributed by atoms with Crippen LogP contribution in [0.4, 0.5) is 0 Å². The smallest absolute Gasteiger partial charge is 0.211 e. The van der Waals surface area contributed by atoms with E-state index >= 15 is 0 Å². The molecule has 1 aliphatic carbocycles. The number of aliphatic hydroxyl groups is 1. The minimum absolute atomic E-state index is 0.0779. The van der Waals surface area contributed by atoms with Crippen LogP contribution in [0.15, 0.2) is 60.7 Å². The Labute approximate surface area is 178 Å². The number of allylic oxidation sites excluding steroid dienone is 2. The maximum absolute atomic E-state index is 14.1. The van der Waals surface area contributed by atoms with E-state index in [1.165, 1.54) is 4.31 Å². The topological polar surface area (TPSA) is 74.7 Å². The summed E-state index contributed by atoms with van der Waals surface area (Å²) in [6, 6.07) is 19.3. The van der Waals surface area contributed by atoms with Gasteiger partial charge in [-0.25, -0.2) is 12.7 Å². The molecule has 0 radical (unpaired) electrons. The summed E-state index contributed by atoms with van der Waals surface area (Å²) in [5.41, 5.74) is 1.13. The van der Waals surface area contributed by atoms with Crippen molar-refractivity contribution >= 4 is 27.0 Å². The average Bonchev–Trinajstić information content (AvgIpc) is 3.23. The van der Waals surface area contributed by atoms with Gasteiger partial charge in [-0.05, 0) is 37.0 Å². The van der Waals surface area contributed by atoms with Crippen molar-refractivity contribution in [2.24, 2.45) is 11.3 Å². The van der Waals surface area contributed by atoms with E-state index in [1.54, 1.807) is 13.8 Å². The lowest BCUT2D eigenvalue weighted by Crippen LogP contribution is -2.46. The molecule has 1 heterocycles. The largest absolute Gasteiger partial charge is 0.390 e. The van der Waals surface area contributed by atoms with Crippen LogP contribution >= 0.6 is 0 Å². The van der Waals surface area contributed by atoms with E-state index in [0.29, 0.717) is 12.0 Å². The third-order valence-electron chi connectivity index (χ3n) is 6.49. The molecule has 1 saturated heterocycles. The van der Waals surface area contributed by atoms with E-state index < -0.39 is 27.0 Å². The molecule has 1 N–H and O–H groups in total. The number of hydrogen-bond donors (Lipinski definition) is 1. The number of carbonyl (C=O) groups is 1. The van der Waals surface area contributed by atoms with E-state index in [1.807, 2.05) is 60.7 Å². The molecule has 2 aromatic carbocycles. The summed E-state index contributed by atoms with van der Waals surface area (Å²) < 4.78 is 26.1. The van der Waals surface area contributed by atoms with E-state index in [9.17, 15) is 18.3 Å². The first-order valence-electron chi connectivity index (χ1n) is 10.1. The summed E-state index contributed by atoms with van der Waals surface area (Å²) in [5.74, 6) is -0.585. The fourth-order valence-electron chi connectivity index (χ4n) is 5.10. The van der Waals surface area contributed by atoms with Gasteiger partial charge in [-0.2, -0.15) is 0 Å². The lowest BCUT2D eigenvalue weighted by atomic mass is 9.67. The first kappa shape index (κ1) is 21.0. The van der Waals surface area contributed by atoms with Crippen LogP contribution in [-0.2, 0) is 14.8 Å². The zero-order valence-corrected chi connectivity index (χ0v) is 18.3. The van der Waals surface area contributed by atoms with E-state index in [2.05, 4.69) is 0 Å². The van der Waals surface area contributed by atoms with Gasteiger partial charge in [0.2, 0.25) is 10.0 Å². The third kappa shape index (κ3) is 3.43. The monoisotopic (exact) mass is 425 g/mol. The highest BCUT2D eigenvalue weighted by atomic mass is 32.2. The molecule has 5 nitrogen and oxygen atoms in total. The lowest BCUT2D eigenvalue weighted by Gasteiger charge is -2.37. The minimum atomic E-state index is -3.50. The molecule has 2 aromatic rings. The molecule has 6 heteroatoms. The van der Waals surface area contributed by atoms with Gasteiger partial charge in [0.1, 0.15) is 0 Å². The molecule has 30 heavy (non-hydrogen) atoms. The average molecular weight is 426 g/mol. The fourth-order valence-corrected chi connectivity index (χ4v) is 5.98. The van der Waals surface area contributed by atoms with Crippen LogP contribution < -0.4 is 0 Å². The Kier molecular flexibility index (Phi) is 5.00. The molecule has 0 bridgehead atoms. The fraction of sp³-hybridized carbons (Fsp3) is 0.375. The second-order valence-corrected chi connectivity index (χ2v) is 11.0. The second-order valence-electron chi connectivity index (χ2n) is 9.01. The SMILES string of the molecule is CC(C)(O)[C@@H]1CN(S(C)(=O)=O)C[C@@]12CC(c1ccccc1)=C(c1ccccc1)C2=O. The third-order valence-corrected chi connectivity index (χ3v) is 7.71. The summed E-state index contributed by atoms with van der Waals surface area (Å²) in [4.78, 5) is 14.1. The molecule has 0 amide bonds. The normalized spacial score (nSPS) is 25.5. The molecule has 0 unspecified atom stereocenters. The molecule has 4 rings (SSSR count). The highest BCUT2D eigenvalue weighted by Crippen LogP contribution is 2.56. The quantitative estimate of drug-likeness (QED) is 0.816. The lowest BCUT2D eigenvalue weighted by molar-refractivity contribution is -0.128. The summed E-state index contributed by atoms with van der Waals surface area (Å²) >= 11 is 0. The van der Waals surface area contributed by atoms with Gasteiger partial charge in [0.25, 0.3) is 0 Å². The van der Waals surface area contributed by atoms with Crippen LogP contribution in [0.1, 0.15) is 31.4 Å². The van der Waals surface area contributed by atoms with Gasteiger partial charge in [0, 0.05) is 24.6 Å². The second kappa shape index (κ2) is 7.15. The van der Waals surface area contributed by atoms with Crippen LogP contribution in [-0.4, -0.2) is 48.6 Å². The van der Waals surface area contributed by atoms with Crippen LogP contribution in [0.3, 0.4) is 0 Å². The Morgan fingerprint density at radius 1 is 1.00 bits per heavy atom. The first-order valence-corrected chi connectivity index (χ1v) is 12.0. The predicted octanol–water partition coefficient (Wildman–Crippen LogP) is 3.22. The van der Waals surface area contributed by atoms with E-state index in [0.717, 1.165) is 23.0 Å². The molecule has 0 aromatic heterocycles. The van der Waals surface area contributed by atoms with Gasteiger partial charge >= 0.3 is 0 Å². The van der Waals surface area contributed by atoms with Gasteiger partial charge in [-0.1, -0.05) is 60.7 Å². The van der Waals surface area contributed by atoms with Crippen LogP contribution in [0.25, 0.3) is 11.1 Å². The van der Waals surface area contributed by atoms with Crippen molar-refractivity contribution in [1.82, 2.24) is 4.31 Å². The zero-order chi connectivity index (χ0) is 21.7. The van der Waals surface area contributed by atoms with Gasteiger partial charge in [0.15, 0.2) is 5.78 Å². The first-order chi connectivity index (χ1) is 14.0. The Morgan fingerprint density at radius 3 is 2.03 bits per heavy atom. The number of nitrogens with zero attached hydrogens (tertiary/aromatic N) is 1. The van der Waals surface area contributed by atoms with Crippen LogP contribution in [0.5, 0.6) is 0 Å². The number of sulfonamides is 1. The zero-order valence-electron chi connectivity index (χ0n) is 17.5. The Bertz CT molecular complexity index is 1100. The number of ketones is 1. The predicted molar refractivity (Wildman–Crippen MR) is 118 cm³/mol. The van der Waals surface area contributed by atoms with Gasteiger partial charge < -0.3 is 5.11 Å². The van der Waals surface area contributed by atoms with Crippen molar-refractivity contribution in [2.45, 2.75) is 25.9 Å². The molecule has 2 atom stereocenters. The van der Waals surface area contributed by atoms with E-state index in [-0.39, 0.29) is 18.9 Å². The molecule has 2 aliphatic rings. The van der Waals surface area contributed by atoms with Crippen molar-refractivity contribution in [3.05, 3.63) is 71.8 Å². The molecular formula is C24H27NO4S. The number of carbonyl (C=O) groups excluding carboxylic acids is 1. The van der Waals surface area contributed by atoms with E-state index in [4.69, 9.17) is 0 Å². The highest BCUT2D eigenvalue weighted by Gasteiger charge is 2.61. The summed E-state index contributed by atoms with van der Waals surface area (Å²) in [5, 5.41) is 11.0.